The summed E-state index contributed by atoms with van der Waals surface area (Å²) in [5, 5.41) is 9.45. The van der Waals surface area contributed by atoms with Gasteiger partial charge in [0.15, 0.2) is 0 Å². The lowest BCUT2D eigenvalue weighted by molar-refractivity contribution is 0.186. The van der Waals surface area contributed by atoms with E-state index < -0.39 is 11.1 Å². The van der Waals surface area contributed by atoms with Crippen molar-refractivity contribution in [3.8, 4) is 0 Å². The van der Waals surface area contributed by atoms with E-state index in [0.29, 0.717) is 15.8 Å². The Morgan fingerprint density at radius 3 is 2.24 bits per heavy atom. The molecule has 1 aromatic heterocycles. The van der Waals surface area contributed by atoms with Gasteiger partial charge in [0.05, 0.1) is 5.52 Å². The van der Waals surface area contributed by atoms with Crippen LogP contribution in [0.25, 0.3) is 11.0 Å². The maximum absolute atomic E-state index is 11.4. The Bertz CT molecular complexity index is 653. The molecular formula is C12H16N2O3. The molecule has 0 aliphatic heterocycles. The number of nitrogens with zero attached hydrogens (tertiary/aromatic N) is 2. The van der Waals surface area contributed by atoms with Crippen molar-refractivity contribution in [2.75, 3.05) is 0 Å². The predicted octanol–water partition coefficient (Wildman–Crippen LogP) is 1.27. The van der Waals surface area contributed by atoms with Gasteiger partial charge in [-0.1, -0.05) is 19.9 Å². The number of benzene rings is 1. The van der Waals surface area contributed by atoms with Gasteiger partial charge in [0.2, 0.25) is 0 Å². The van der Waals surface area contributed by atoms with Gasteiger partial charge in [-0.15, -0.1) is 4.73 Å². The third-order valence-corrected chi connectivity index (χ3v) is 2.40. The maximum Gasteiger partial charge on any atom is 0.349 e. The molecule has 0 saturated carbocycles. The van der Waals surface area contributed by atoms with Gasteiger partial charge >= 0.3 is 11.1 Å². The number of aryl methyl sites for hydroxylation is 2. The smallest absolute Gasteiger partial charge is 0.349 e. The molecule has 5 heteroatoms. The Kier molecular flexibility index (Phi) is 3.73. The van der Waals surface area contributed by atoms with Crippen molar-refractivity contribution in [2.24, 2.45) is 7.05 Å². The summed E-state index contributed by atoms with van der Waals surface area (Å²) >= 11 is 0. The summed E-state index contributed by atoms with van der Waals surface area (Å²) < 4.78 is 1.62. The molecule has 0 unspecified atom stereocenters. The molecular weight excluding hydrogens is 220 g/mol. The zero-order chi connectivity index (χ0) is 13.2. The minimum atomic E-state index is -0.936. The summed E-state index contributed by atoms with van der Waals surface area (Å²) in [5.41, 5.74) is 0.135. The Hall–Kier alpha value is -2.04. The van der Waals surface area contributed by atoms with Crippen molar-refractivity contribution in [2.45, 2.75) is 20.8 Å². The van der Waals surface area contributed by atoms with Gasteiger partial charge in [0, 0.05) is 7.05 Å². The van der Waals surface area contributed by atoms with E-state index in [9.17, 15) is 14.8 Å². The van der Waals surface area contributed by atoms with E-state index in [1.165, 1.54) is 11.6 Å². The summed E-state index contributed by atoms with van der Waals surface area (Å²) in [7, 11) is 1.51. The zero-order valence-electron chi connectivity index (χ0n) is 10.4. The van der Waals surface area contributed by atoms with Gasteiger partial charge in [-0.2, -0.15) is 0 Å². The van der Waals surface area contributed by atoms with Crippen LogP contribution in [0.4, 0.5) is 0 Å². The lowest BCUT2D eigenvalue weighted by atomic mass is 10.2. The SMILES string of the molecule is CC.Cc1ccc2c(c1)n(C)c(=O)c(=O)n2O. The van der Waals surface area contributed by atoms with Gasteiger partial charge in [0.1, 0.15) is 5.52 Å². The molecule has 0 spiro atoms. The molecule has 0 saturated heterocycles. The van der Waals surface area contributed by atoms with Crippen molar-refractivity contribution < 1.29 is 5.21 Å². The monoisotopic (exact) mass is 236 g/mol. The first kappa shape index (κ1) is 13.0. The lowest BCUT2D eigenvalue weighted by Crippen LogP contribution is -2.39. The van der Waals surface area contributed by atoms with Gasteiger partial charge < -0.3 is 9.77 Å². The zero-order valence-corrected chi connectivity index (χ0v) is 10.4. The van der Waals surface area contributed by atoms with Crippen LogP contribution >= 0.6 is 0 Å². The summed E-state index contributed by atoms with van der Waals surface area (Å²) in [6.07, 6.45) is 0. The Morgan fingerprint density at radius 2 is 1.65 bits per heavy atom. The third-order valence-electron chi connectivity index (χ3n) is 2.40. The second-order valence-corrected chi connectivity index (χ2v) is 3.47. The van der Waals surface area contributed by atoms with Gasteiger partial charge in [0.25, 0.3) is 0 Å². The minimum absolute atomic E-state index is 0.327. The summed E-state index contributed by atoms with van der Waals surface area (Å²) in [4.78, 5) is 22.7. The van der Waals surface area contributed by atoms with Crippen LogP contribution in [-0.4, -0.2) is 14.5 Å². The molecule has 0 fully saturated rings. The molecule has 0 aliphatic carbocycles. The molecule has 0 radical (unpaired) electrons. The van der Waals surface area contributed by atoms with Crippen LogP contribution in [0.1, 0.15) is 19.4 Å². The first-order valence-corrected chi connectivity index (χ1v) is 5.44. The first-order valence-electron chi connectivity index (χ1n) is 5.44. The van der Waals surface area contributed by atoms with Crippen molar-refractivity contribution in [3.63, 3.8) is 0 Å². The number of rotatable bonds is 0. The summed E-state index contributed by atoms with van der Waals surface area (Å²) in [5.74, 6) is 0. The Balaban J connectivity index is 0.000000686. The van der Waals surface area contributed by atoms with E-state index in [1.54, 1.807) is 18.2 Å². The van der Waals surface area contributed by atoms with E-state index in [1.807, 2.05) is 20.8 Å². The number of fused-ring (bicyclic) bond motifs is 1. The van der Waals surface area contributed by atoms with Gasteiger partial charge in [-0.25, -0.2) is 0 Å². The minimum Gasteiger partial charge on any atom is -0.425 e. The quantitative estimate of drug-likeness (QED) is 0.553. The number of hydrogen-bond donors (Lipinski definition) is 1. The fourth-order valence-corrected chi connectivity index (χ4v) is 1.53. The number of hydrogen-bond acceptors (Lipinski definition) is 3. The van der Waals surface area contributed by atoms with E-state index in [-0.39, 0.29) is 0 Å². The first-order chi connectivity index (χ1) is 8.02. The van der Waals surface area contributed by atoms with Crippen LogP contribution in [0.5, 0.6) is 0 Å². The topological polar surface area (TPSA) is 64.2 Å². The van der Waals surface area contributed by atoms with E-state index >= 15 is 0 Å². The summed E-state index contributed by atoms with van der Waals surface area (Å²) in [6.45, 7) is 5.87. The highest BCUT2D eigenvalue weighted by atomic mass is 16.5. The van der Waals surface area contributed by atoms with Gasteiger partial charge in [-0.05, 0) is 24.6 Å². The normalized spacial score (nSPS) is 9.88. The molecule has 2 aromatic rings. The second-order valence-electron chi connectivity index (χ2n) is 3.47. The van der Waals surface area contributed by atoms with Crippen molar-refractivity contribution in [1.82, 2.24) is 9.30 Å². The van der Waals surface area contributed by atoms with Crippen molar-refractivity contribution in [1.29, 1.82) is 0 Å². The molecule has 17 heavy (non-hydrogen) atoms. The summed E-state index contributed by atoms with van der Waals surface area (Å²) in [6, 6.07) is 5.10. The molecule has 0 bridgehead atoms. The maximum atomic E-state index is 11.4. The predicted molar refractivity (Wildman–Crippen MR) is 66.7 cm³/mol. The largest absolute Gasteiger partial charge is 0.425 e. The van der Waals surface area contributed by atoms with E-state index in [4.69, 9.17) is 0 Å². The van der Waals surface area contributed by atoms with Crippen LogP contribution in [-0.2, 0) is 7.05 Å². The van der Waals surface area contributed by atoms with Crippen LogP contribution < -0.4 is 11.1 Å². The highest BCUT2D eigenvalue weighted by Crippen LogP contribution is 2.10. The molecule has 1 heterocycles. The van der Waals surface area contributed by atoms with Crippen LogP contribution in [0.2, 0.25) is 0 Å². The van der Waals surface area contributed by atoms with Crippen LogP contribution in [0.3, 0.4) is 0 Å². The molecule has 5 nitrogen and oxygen atoms in total. The molecule has 92 valence electrons. The molecule has 1 aromatic carbocycles. The Morgan fingerprint density at radius 1 is 1.06 bits per heavy atom. The number of aromatic nitrogens is 2. The van der Waals surface area contributed by atoms with Crippen molar-refractivity contribution in [3.05, 3.63) is 44.5 Å². The average molecular weight is 236 g/mol. The average Bonchev–Trinajstić information content (AvgIpc) is 2.36. The molecule has 1 N–H and O–H groups in total. The Labute approximate surface area is 98.5 Å². The highest BCUT2D eigenvalue weighted by Gasteiger charge is 2.09. The highest BCUT2D eigenvalue weighted by molar-refractivity contribution is 5.75. The fraction of sp³-hybridized carbons (Fsp3) is 0.333. The molecule has 0 atom stereocenters. The standard InChI is InChI=1S/C10H10N2O3.C2H6/c1-6-3-4-7-8(5-6)11(2)9(13)10(14)12(7)15;1-2/h3-5,15H,1-2H3;1-2H3. The molecule has 0 aliphatic rings. The molecule has 0 amide bonds. The van der Waals surface area contributed by atoms with Crippen LogP contribution in [0, 0.1) is 6.92 Å². The van der Waals surface area contributed by atoms with E-state index in [0.717, 1.165) is 5.56 Å². The lowest BCUT2D eigenvalue weighted by Gasteiger charge is -2.07. The third kappa shape index (κ3) is 2.08. The van der Waals surface area contributed by atoms with Crippen LogP contribution in [0.15, 0.2) is 27.8 Å². The fourth-order valence-electron chi connectivity index (χ4n) is 1.53. The van der Waals surface area contributed by atoms with E-state index in [2.05, 4.69) is 0 Å². The van der Waals surface area contributed by atoms with Gasteiger partial charge in [-0.3, -0.25) is 9.59 Å². The molecule has 2 rings (SSSR count). The second kappa shape index (κ2) is 4.86. The van der Waals surface area contributed by atoms with Crippen molar-refractivity contribution >= 4 is 11.0 Å².